The molecule has 0 amide bonds. The summed E-state index contributed by atoms with van der Waals surface area (Å²) in [7, 11) is 0. The van der Waals surface area contributed by atoms with Gasteiger partial charge in [0.2, 0.25) is 0 Å². The smallest absolute Gasteiger partial charge is 0.123 e. The van der Waals surface area contributed by atoms with Crippen molar-refractivity contribution in [2.75, 3.05) is 0 Å². The molecule has 0 unspecified atom stereocenters. The van der Waals surface area contributed by atoms with Gasteiger partial charge >= 0.3 is 0 Å². The fraction of sp³-hybridized carbons (Fsp3) is 0.308. The molecular weight excluding hydrogens is 235 g/mol. The van der Waals surface area contributed by atoms with Gasteiger partial charge in [-0.25, -0.2) is 9.37 Å². The van der Waals surface area contributed by atoms with Crippen LogP contribution >= 0.6 is 11.3 Å². The Morgan fingerprint density at radius 2 is 2.12 bits per heavy atom. The van der Waals surface area contributed by atoms with Crippen molar-refractivity contribution >= 4 is 11.3 Å². The number of hydrogen-bond acceptors (Lipinski definition) is 3. The maximum atomic E-state index is 12.9. The van der Waals surface area contributed by atoms with Crippen LogP contribution in [0.15, 0.2) is 24.3 Å². The topological polar surface area (TPSA) is 24.9 Å². The summed E-state index contributed by atoms with van der Waals surface area (Å²) in [4.78, 5) is 5.70. The molecule has 0 aliphatic carbocycles. The van der Waals surface area contributed by atoms with Gasteiger partial charge in [-0.2, -0.15) is 0 Å². The molecule has 1 aromatic carbocycles. The van der Waals surface area contributed by atoms with E-state index in [1.54, 1.807) is 23.5 Å². The highest BCUT2D eigenvalue weighted by Crippen LogP contribution is 2.16. The second-order valence-corrected chi connectivity index (χ2v) is 5.27. The van der Waals surface area contributed by atoms with E-state index < -0.39 is 0 Å². The number of aromatic nitrogens is 1. The first-order valence-electron chi connectivity index (χ1n) is 5.53. The molecule has 1 aromatic heterocycles. The van der Waals surface area contributed by atoms with Gasteiger partial charge in [-0.3, -0.25) is 0 Å². The molecule has 0 saturated heterocycles. The average molecular weight is 250 g/mol. The second kappa shape index (κ2) is 5.38. The van der Waals surface area contributed by atoms with Crippen molar-refractivity contribution < 1.29 is 4.39 Å². The summed E-state index contributed by atoms with van der Waals surface area (Å²) in [5.74, 6) is -0.190. The monoisotopic (exact) mass is 250 g/mol. The Bertz CT molecular complexity index is 488. The van der Waals surface area contributed by atoms with Gasteiger partial charge in [0.05, 0.1) is 5.69 Å². The van der Waals surface area contributed by atoms with E-state index in [4.69, 9.17) is 0 Å². The third kappa shape index (κ3) is 3.35. The Morgan fingerprint density at radius 3 is 2.76 bits per heavy atom. The van der Waals surface area contributed by atoms with Crippen LogP contribution < -0.4 is 5.32 Å². The maximum Gasteiger partial charge on any atom is 0.123 e. The van der Waals surface area contributed by atoms with E-state index in [9.17, 15) is 4.39 Å². The zero-order chi connectivity index (χ0) is 12.3. The SMILES string of the molecule is Cc1nc(CNCc2cccc(F)c2)sc1C. The Morgan fingerprint density at radius 1 is 1.29 bits per heavy atom. The molecule has 0 atom stereocenters. The molecule has 17 heavy (non-hydrogen) atoms. The molecule has 0 aliphatic rings. The minimum Gasteiger partial charge on any atom is -0.306 e. The first-order chi connectivity index (χ1) is 8.15. The molecule has 2 rings (SSSR count). The van der Waals surface area contributed by atoms with Gasteiger partial charge in [0.25, 0.3) is 0 Å². The first kappa shape index (κ1) is 12.2. The summed E-state index contributed by atoms with van der Waals surface area (Å²) in [6, 6.07) is 6.64. The van der Waals surface area contributed by atoms with Gasteiger partial charge in [0.15, 0.2) is 0 Å². The van der Waals surface area contributed by atoms with Crippen molar-refractivity contribution in [1.29, 1.82) is 0 Å². The van der Waals surface area contributed by atoms with Crippen LogP contribution in [-0.2, 0) is 13.1 Å². The molecule has 1 heterocycles. The van der Waals surface area contributed by atoms with Gasteiger partial charge in [0, 0.05) is 18.0 Å². The van der Waals surface area contributed by atoms with Crippen molar-refractivity contribution in [1.82, 2.24) is 10.3 Å². The molecule has 2 nitrogen and oxygen atoms in total. The number of nitrogens with zero attached hydrogens (tertiary/aromatic N) is 1. The maximum absolute atomic E-state index is 12.9. The Labute approximate surface area is 105 Å². The van der Waals surface area contributed by atoms with Gasteiger partial charge in [-0.1, -0.05) is 12.1 Å². The minimum absolute atomic E-state index is 0.190. The second-order valence-electron chi connectivity index (χ2n) is 3.98. The molecule has 0 radical (unpaired) electrons. The van der Waals surface area contributed by atoms with E-state index in [0.29, 0.717) is 6.54 Å². The van der Waals surface area contributed by atoms with Crippen molar-refractivity contribution in [3.63, 3.8) is 0 Å². The highest BCUT2D eigenvalue weighted by molar-refractivity contribution is 7.11. The largest absolute Gasteiger partial charge is 0.306 e. The van der Waals surface area contributed by atoms with E-state index in [0.717, 1.165) is 22.8 Å². The molecule has 4 heteroatoms. The molecule has 1 N–H and O–H groups in total. The number of benzene rings is 1. The van der Waals surface area contributed by atoms with E-state index in [1.165, 1.54) is 10.9 Å². The number of rotatable bonds is 4. The molecule has 0 bridgehead atoms. The Kier molecular flexibility index (Phi) is 3.86. The molecular formula is C13H15FN2S. The van der Waals surface area contributed by atoms with Gasteiger partial charge in [-0.15, -0.1) is 11.3 Å². The van der Waals surface area contributed by atoms with E-state index in [1.807, 2.05) is 13.0 Å². The fourth-order valence-corrected chi connectivity index (χ4v) is 2.48. The van der Waals surface area contributed by atoms with Crippen LogP contribution in [0, 0.1) is 19.7 Å². The summed E-state index contributed by atoms with van der Waals surface area (Å²) in [6.45, 7) is 5.48. The third-order valence-corrected chi connectivity index (χ3v) is 3.64. The third-order valence-electron chi connectivity index (χ3n) is 2.57. The number of thiazole rings is 1. The molecule has 0 spiro atoms. The number of halogens is 1. The van der Waals surface area contributed by atoms with E-state index in [2.05, 4.69) is 17.2 Å². The summed E-state index contributed by atoms with van der Waals surface area (Å²) in [6.07, 6.45) is 0. The van der Waals surface area contributed by atoms with Crippen LogP contribution in [0.3, 0.4) is 0 Å². The Hall–Kier alpha value is -1.26. The number of aryl methyl sites for hydroxylation is 2. The lowest BCUT2D eigenvalue weighted by atomic mass is 10.2. The quantitative estimate of drug-likeness (QED) is 0.901. The van der Waals surface area contributed by atoms with Crippen molar-refractivity contribution in [3.8, 4) is 0 Å². The Balaban J connectivity index is 1.87. The molecule has 2 aromatic rings. The van der Waals surface area contributed by atoms with Crippen LogP contribution in [0.2, 0.25) is 0 Å². The first-order valence-corrected chi connectivity index (χ1v) is 6.35. The molecule has 0 saturated carbocycles. The summed E-state index contributed by atoms with van der Waals surface area (Å²) in [5, 5.41) is 4.35. The molecule has 90 valence electrons. The van der Waals surface area contributed by atoms with Crippen LogP contribution in [0.5, 0.6) is 0 Å². The van der Waals surface area contributed by atoms with Crippen molar-refractivity contribution in [2.24, 2.45) is 0 Å². The zero-order valence-electron chi connectivity index (χ0n) is 9.96. The fourth-order valence-electron chi connectivity index (χ4n) is 1.58. The zero-order valence-corrected chi connectivity index (χ0v) is 10.8. The molecule has 0 fully saturated rings. The van der Waals surface area contributed by atoms with Crippen molar-refractivity contribution in [2.45, 2.75) is 26.9 Å². The highest BCUT2D eigenvalue weighted by Gasteiger charge is 2.03. The lowest BCUT2D eigenvalue weighted by Crippen LogP contribution is -2.12. The average Bonchev–Trinajstić information content (AvgIpc) is 2.58. The highest BCUT2D eigenvalue weighted by atomic mass is 32.1. The van der Waals surface area contributed by atoms with Crippen molar-refractivity contribution in [3.05, 3.63) is 51.2 Å². The van der Waals surface area contributed by atoms with Crippen LogP contribution in [0.1, 0.15) is 21.1 Å². The normalized spacial score (nSPS) is 10.8. The van der Waals surface area contributed by atoms with Gasteiger partial charge in [0.1, 0.15) is 10.8 Å². The molecule has 0 aliphatic heterocycles. The van der Waals surface area contributed by atoms with E-state index >= 15 is 0 Å². The van der Waals surface area contributed by atoms with Crippen LogP contribution in [0.4, 0.5) is 4.39 Å². The van der Waals surface area contributed by atoms with Crippen LogP contribution in [0.25, 0.3) is 0 Å². The van der Waals surface area contributed by atoms with Gasteiger partial charge in [-0.05, 0) is 31.5 Å². The van der Waals surface area contributed by atoms with Gasteiger partial charge < -0.3 is 5.32 Å². The standard InChI is InChI=1S/C13H15FN2S/c1-9-10(2)17-13(16-9)8-15-7-11-4-3-5-12(14)6-11/h3-6,15H,7-8H2,1-2H3. The number of hydrogen-bond donors (Lipinski definition) is 1. The summed E-state index contributed by atoms with van der Waals surface area (Å²) < 4.78 is 12.9. The summed E-state index contributed by atoms with van der Waals surface area (Å²) >= 11 is 1.70. The predicted octanol–water partition coefficient (Wildman–Crippen LogP) is 3.19. The van der Waals surface area contributed by atoms with Crippen LogP contribution in [-0.4, -0.2) is 4.98 Å². The minimum atomic E-state index is -0.190. The van der Waals surface area contributed by atoms with E-state index in [-0.39, 0.29) is 5.82 Å². The number of nitrogens with one attached hydrogen (secondary N) is 1. The summed E-state index contributed by atoms with van der Waals surface area (Å²) in [5.41, 5.74) is 2.05. The lowest BCUT2D eigenvalue weighted by molar-refractivity contribution is 0.620. The predicted molar refractivity (Wildman–Crippen MR) is 68.5 cm³/mol. The lowest BCUT2D eigenvalue weighted by Gasteiger charge is -2.02.